The number of aryl methyl sites for hydroxylation is 1. The molecule has 2 nitrogen and oxygen atoms in total. The number of ether oxygens (including phenoxy) is 1. The van der Waals surface area contributed by atoms with Gasteiger partial charge in [-0.1, -0.05) is 6.07 Å². The van der Waals surface area contributed by atoms with Gasteiger partial charge in [0.1, 0.15) is 5.75 Å². The predicted octanol–water partition coefficient (Wildman–Crippen LogP) is 2.83. The van der Waals surface area contributed by atoms with E-state index in [4.69, 9.17) is 10.00 Å². The molecule has 0 saturated carbocycles. The van der Waals surface area contributed by atoms with Crippen LogP contribution in [0.15, 0.2) is 16.6 Å². The summed E-state index contributed by atoms with van der Waals surface area (Å²) in [5.41, 5.74) is 2.07. The molecule has 0 atom stereocenters. The van der Waals surface area contributed by atoms with Crippen LogP contribution in [0.3, 0.4) is 0 Å². The number of halogens is 1. The van der Waals surface area contributed by atoms with Crippen molar-refractivity contribution in [3.05, 3.63) is 27.7 Å². The summed E-state index contributed by atoms with van der Waals surface area (Å²) in [6.07, 6.45) is 0.421. The topological polar surface area (TPSA) is 33.0 Å². The van der Waals surface area contributed by atoms with Gasteiger partial charge in [-0.25, -0.2) is 0 Å². The van der Waals surface area contributed by atoms with Crippen molar-refractivity contribution in [2.45, 2.75) is 13.3 Å². The average molecular weight is 240 g/mol. The van der Waals surface area contributed by atoms with Crippen LogP contribution >= 0.6 is 15.9 Å². The Morgan fingerprint density at radius 1 is 1.54 bits per heavy atom. The van der Waals surface area contributed by atoms with Gasteiger partial charge in [0.15, 0.2) is 0 Å². The predicted molar refractivity (Wildman–Crippen MR) is 54.7 cm³/mol. The smallest absolute Gasteiger partial charge is 0.133 e. The third-order valence-electron chi connectivity index (χ3n) is 1.78. The van der Waals surface area contributed by atoms with E-state index >= 15 is 0 Å². The van der Waals surface area contributed by atoms with E-state index in [0.717, 1.165) is 21.3 Å². The molecule has 0 bridgehead atoms. The number of methoxy groups -OCH3 is 1. The van der Waals surface area contributed by atoms with Crippen LogP contribution in [0.5, 0.6) is 5.75 Å². The van der Waals surface area contributed by atoms with E-state index in [0.29, 0.717) is 6.42 Å². The number of benzene rings is 1. The maximum Gasteiger partial charge on any atom is 0.133 e. The Balaban J connectivity index is 3.16. The number of hydrogen-bond donors (Lipinski definition) is 0. The summed E-state index contributed by atoms with van der Waals surface area (Å²) < 4.78 is 6.11. The highest BCUT2D eigenvalue weighted by Gasteiger charge is 2.05. The Bertz CT molecular complexity index is 355. The SMILES string of the molecule is COc1cc(CC#N)cc(C)c1Br. The van der Waals surface area contributed by atoms with E-state index in [-0.39, 0.29) is 0 Å². The quantitative estimate of drug-likeness (QED) is 0.796. The van der Waals surface area contributed by atoms with E-state index in [1.54, 1.807) is 7.11 Å². The third-order valence-corrected chi connectivity index (χ3v) is 2.80. The fourth-order valence-corrected chi connectivity index (χ4v) is 1.54. The van der Waals surface area contributed by atoms with Crippen molar-refractivity contribution < 1.29 is 4.74 Å². The molecule has 0 aliphatic heterocycles. The molecule has 0 saturated heterocycles. The van der Waals surface area contributed by atoms with Crippen LogP contribution in [0.2, 0.25) is 0 Å². The molecule has 68 valence electrons. The summed E-state index contributed by atoms with van der Waals surface area (Å²) in [6.45, 7) is 1.98. The van der Waals surface area contributed by atoms with Crippen LogP contribution in [0.4, 0.5) is 0 Å². The molecule has 13 heavy (non-hydrogen) atoms. The van der Waals surface area contributed by atoms with Crippen molar-refractivity contribution in [2.24, 2.45) is 0 Å². The molecule has 0 heterocycles. The van der Waals surface area contributed by atoms with Crippen LogP contribution in [0.25, 0.3) is 0 Å². The molecule has 0 aliphatic rings. The fourth-order valence-electron chi connectivity index (χ4n) is 1.15. The molecule has 0 fully saturated rings. The van der Waals surface area contributed by atoms with Gasteiger partial charge in [0.2, 0.25) is 0 Å². The van der Waals surface area contributed by atoms with Gasteiger partial charge in [0.25, 0.3) is 0 Å². The Hall–Kier alpha value is -1.01. The fraction of sp³-hybridized carbons (Fsp3) is 0.300. The van der Waals surface area contributed by atoms with E-state index in [1.807, 2.05) is 19.1 Å². The lowest BCUT2D eigenvalue weighted by Gasteiger charge is -2.07. The van der Waals surface area contributed by atoms with Gasteiger partial charge < -0.3 is 4.74 Å². The number of hydrogen-bond acceptors (Lipinski definition) is 2. The van der Waals surface area contributed by atoms with E-state index in [9.17, 15) is 0 Å². The zero-order valence-corrected chi connectivity index (χ0v) is 9.18. The second-order valence-corrected chi connectivity index (χ2v) is 3.56. The van der Waals surface area contributed by atoms with Gasteiger partial charge in [-0.15, -0.1) is 0 Å². The summed E-state index contributed by atoms with van der Waals surface area (Å²) in [5.74, 6) is 0.783. The van der Waals surface area contributed by atoms with Crippen molar-refractivity contribution in [3.63, 3.8) is 0 Å². The first-order chi connectivity index (χ1) is 6.19. The molecule has 0 N–H and O–H groups in total. The first-order valence-electron chi connectivity index (χ1n) is 3.89. The van der Waals surface area contributed by atoms with Crippen LogP contribution in [0.1, 0.15) is 11.1 Å². The Kier molecular flexibility index (Phi) is 3.32. The molecule has 0 radical (unpaired) electrons. The van der Waals surface area contributed by atoms with Crippen molar-refractivity contribution in [2.75, 3.05) is 7.11 Å². The second kappa shape index (κ2) is 4.29. The highest BCUT2D eigenvalue weighted by Crippen LogP contribution is 2.29. The van der Waals surface area contributed by atoms with Crippen molar-refractivity contribution in [1.29, 1.82) is 5.26 Å². The van der Waals surface area contributed by atoms with E-state index in [1.165, 1.54) is 0 Å². The summed E-state index contributed by atoms with van der Waals surface area (Å²) in [7, 11) is 1.62. The largest absolute Gasteiger partial charge is 0.496 e. The monoisotopic (exact) mass is 239 g/mol. The average Bonchev–Trinajstić information content (AvgIpc) is 2.11. The van der Waals surface area contributed by atoms with Crippen molar-refractivity contribution >= 4 is 15.9 Å². The molecule has 1 aromatic carbocycles. The minimum absolute atomic E-state index is 0.421. The molecular weight excluding hydrogens is 230 g/mol. The van der Waals surface area contributed by atoms with Gasteiger partial charge in [-0.3, -0.25) is 0 Å². The van der Waals surface area contributed by atoms with Gasteiger partial charge >= 0.3 is 0 Å². The van der Waals surface area contributed by atoms with Gasteiger partial charge in [0.05, 0.1) is 24.1 Å². The molecule has 0 unspecified atom stereocenters. The summed E-state index contributed by atoms with van der Waals surface area (Å²) >= 11 is 3.42. The molecule has 3 heteroatoms. The molecule has 0 amide bonds. The highest BCUT2D eigenvalue weighted by atomic mass is 79.9. The first-order valence-corrected chi connectivity index (χ1v) is 4.68. The second-order valence-electron chi connectivity index (χ2n) is 2.76. The van der Waals surface area contributed by atoms with Crippen LogP contribution in [0, 0.1) is 18.3 Å². The maximum absolute atomic E-state index is 8.54. The normalized spacial score (nSPS) is 9.38. The molecule has 0 spiro atoms. The maximum atomic E-state index is 8.54. The molecule has 1 rings (SSSR count). The standard InChI is InChI=1S/C10H10BrNO/c1-7-5-8(3-4-12)6-9(13-2)10(7)11/h5-6H,3H2,1-2H3. The minimum atomic E-state index is 0.421. The van der Waals surface area contributed by atoms with Gasteiger partial charge in [-0.2, -0.15) is 5.26 Å². The number of rotatable bonds is 2. The number of nitriles is 1. The molecule has 0 aliphatic carbocycles. The molecule has 1 aromatic rings. The Morgan fingerprint density at radius 2 is 2.23 bits per heavy atom. The zero-order valence-electron chi connectivity index (χ0n) is 7.60. The van der Waals surface area contributed by atoms with Crippen LogP contribution < -0.4 is 4.74 Å². The number of nitrogens with zero attached hydrogens (tertiary/aromatic N) is 1. The van der Waals surface area contributed by atoms with Crippen LogP contribution in [-0.2, 0) is 6.42 Å². The molecule has 0 aromatic heterocycles. The van der Waals surface area contributed by atoms with Crippen molar-refractivity contribution in [1.82, 2.24) is 0 Å². The summed E-state index contributed by atoms with van der Waals surface area (Å²) in [6, 6.07) is 5.97. The lowest BCUT2D eigenvalue weighted by Crippen LogP contribution is -1.90. The lowest BCUT2D eigenvalue weighted by atomic mass is 10.1. The van der Waals surface area contributed by atoms with Crippen LogP contribution in [-0.4, -0.2) is 7.11 Å². The Labute approximate surface area is 86.3 Å². The van der Waals surface area contributed by atoms with E-state index < -0.39 is 0 Å². The lowest BCUT2D eigenvalue weighted by molar-refractivity contribution is 0.411. The third kappa shape index (κ3) is 2.22. The van der Waals surface area contributed by atoms with E-state index in [2.05, 4.69) is 22.0 Å². The Morgan fingerprint density at radius 3 is 2.77 bits per heavy atom. The highest BCUT2D eigenvalue weighted by molar-refractivity contribution is 9.10. The molecular formula is C10H10BrNO. The minimum Gasteiger partial charge on any atom is -0.496 e. The first kappa shape index (κ1) is 10.1. The van der Waals surface area contributed by atoms with Gasteiger partial charge in [-0.05, 0) is 40.0 Å². The van der Waals surface area contributed by atoms with Crippen molar-refractivity contribution in [3.8, 4) is 11.8 Å². The summed E-state index contributed by atoms with van der Waals surface area (Å²) in [4.78, 5) is 0. The summed E-state index contributed by atoms with van der Waals surface area (Å²) in [5, 5.41) is 8.54. The van der Waals surface area contributed by atoms with Gasteiger partial charge in [0, 0.05) is 0 Å². The zero-order chi connectivity index (χ0) is 9.84.